The number of pyridine rings is 1. The predicted molar refractivity (Wildman–Crippen MR) is 97.1 cm³/mol. The van der Waals surface area contributed by atoms with Crippen LogP contribution in [-0.2, 0) is 4.74 Å². The molecule has 3 rings (SSSR count). The van der Waals surface area contributed by atoms with Crippen molar-refractivity contribution in [2.75, 3.05) is 49.6 Å². The van der Waals surface area contributed by atoms with Gasteiger partial charge in [-0.25, -0.2) is 9.78 Å². The van der Waals surface area contributed by atoms with E-state index in [9.17, 15) is 4.79 Å². The number of aryl methyl sites for hydroxylation is 1. The molecule has 0 aliphatic carbocycles. The average Bonchev–Trinajstić information content (AvgIpc) is 3.16. The normalized spacial score (nSPS) is 20.8. The van der Waals surface area contributed by atoms with Crippen LogP contribution in [0.4, 0.5) is 16.3 Å². The minimum absolute atomic E-state index is 0.00316. The molecular weight excluding hydrogens is 320 g/mol. The molecule has 3 heterocycles. The molecule has 0 saturated carbocycles. The minimum atomic E-state index is -0.115. The van der Waals surface area contributed by atoms with Crippen LogP contribution in [0.3, 0.4) is 0 Å². The lowest BCUT2D eigenvalue weighted by molar-refractivity contribution is -0.00462. The maximum Gasteiger partial charge on any atom is 0.321 e. The second kappa shape index (κ2) is 8.49. The van der Waals surface area contributed by atoms with Crippen molar-refractivity contribution in [2.45, 2.75) is 38.7 Å². The highest BCUT2D eigenvalue weighted by Crippen LogP contribution is 2.23. The van der Waals surface area contributed by atoms with E-state index in [1.165, 1.54) is 12.8 Å². The SMILES string of the molecule is Cc1nc(N2CCCC2)ccc1NC(=O)N1CCCC(OCCO)C1. The van der Waals surface area contributed by atoms with Crippen LogP contribution in [0.25, 0.3) is 0 Å². The molecule has 0 spiro atoms. The topological polar surface area (TPSA) is 77.9 Å². The Kier molecular flexibility index (Phi) is 6.09. The smallest absolute Gasteiger partial charge is 0.321 e. The summed E-state index contributed by atoms with van der Waals surface area (Å²) in [6, 6.07) is 3.81. The lowest BCUT2D eigenvalue weighted by Gasteiger charge is -2.32. The highest BCUT2D eigenvalue weighted by Gasteiger charge is 2.24. The number of aliphatic hydroxyl groups is 1. The summed E-state index contributed by atoms with van der Waals surface area (Å²) in [5, 5.41) is 11.8. The first-order valence-corrected chi connectivity index (χ1v) is 9.18. The van der Waals surface area contributed by atoms with E-state index in [-0.39, 0.29) is 18.7 Å². The standard InChI is InChI=1S/C18H28N4O3/c1-14-16(6-7-17(19-14)21-8-2-3-9-21)20-18(24)22-10-4-5-15(13-22)25-12-11-23/h6-7,15,23H,2-5,8-13H2,1H3,(H,20,24). The molecule has 2 fully saturated rings. The van der Waals surface area contributed by atoms with Crippen LogP contribution in [0.2, 0.25) is 0 Å². The van der Waals surface area contributed by atoms with E-state index < -0.39 is 0 Å². The number of amides is 2. The summed E-state index contributed by atoms with van der Waals surface area (Å²) in [5.74, 6) is 0.989. The summed E-state index contributed by atoms with van der Waals surface area (Å²) in [4.78, 5) is 21.3. The quantitative estimate of drug-likeness (QED) is 0.851. The molecule has 2 aliphatic rings. The number of carbonyl (C=O) groups is 1. The van der Waals surface area contributed by atoms with Crippen LogP contribution in [0, 0.1) is 6.92 Å². The number of likely N-dealkylation sites (tertiary alicyclic amines) is 1. The van der Waals surface area contributed by atoms with Crippen LogP contribution in [0.15, 0.2) is 12.1 Å². The van der Waals surface area contributed by atoms with Gasteiger partial charge in [0, 0.05) is 26.2 Å². The summed E-state index contributed by atoms with van der Waals surface area (Å²) >= 11 is 0. The molecule has 1 aromatic rings. The Labute approximate surface area is 149 Å². The third-order valence-corrected chi connectivity index (χ3v) is 4.85. The van der Waals surface area contributed by atoms with Crippen LogP contribution in [0.5, 0.6) is 0 Å². The van der Waals surface area contributed by atoms with Crippen molar-refractivity contribution in [1.29, 1.82) is 0 Å². The molecule has 25 heavy (non-hydrogen) atoms. The van der Waals surface area contributed by atoms with Gasteiger partial charge in [0.25, 0.3) is 0 Å². The molecule has 2 saturated heterocycles. The molecule has 2 aliphatic heterocycles. The predicted octanol–water partition coefficient (Wildman–Crippen LogP) is 2.00. The van der Waals surface area contributed by atoms with Crippen LogP contribution < -0.4 is 10.2 Å². The first kappa shape index (κ1) is 17.9. The maximum absolute atomic E-state index is 12.6. The summed E-state index contributed by atoms with van der Waals surface area (Å²) in [7, 11) is 0. The van der Waals surface area contributed by atoms with Gasteiger partial charge in [-0.05, 0) is 44.7 Å². The number of rotatable bonds is 5. The molecule has 1 unspecified atom stereocenters. The lowest BCUT2D eigenvalue weighted by Crippen LogP contribution is -2.45. The van der Waals surface area contributed by atoms with Gasteiger partial charge < -0.3 is 25.0 Å². The van der Waals surface area contributed by atoms with Crippen molar-refractivity contribution in [2.24, 2.45) is 0 Å². The Balaban J connectivity index is 1.58. The van der Waals surface area contributed by atoms with E-state index in [2.05, 4.69) is 15.2 Å². The molecule has 2 amide bonds. The third-order valence-electron chi connectivity index (χ3n) is 4.85. The van der Waals surface area contributed by atoms with Gasteiger partial charge in [-0.2, -0.15) is 0 Å². The molecular formula is C18H28N4O3. The van der Waals surface area contributed by atoms with Crippen molar-refractivity contribution < 1.29 is 14.6 Å². The zero-order valence-corrected chi connectivity index (χ0v) is 14.9. The molecule has 1 aromatic heterocycles. The van der Waals surface area contributed by atoms with Crippen molar-refractivity contribution >= 4 is 17.5 Å². The van der Waals surface area contributed by atoms with Gasteiger partial charge >= 0.3 is 6.03 Å². The minimum Gasteiger partial charge on any atom is -0.394 e. The van der Waals surface area contributed by atoms with Gasteiger partial charge in [0.2, 0.25) is 0 Å². The number of hydrogen-bond donors (Lipinski definition) is 2. The highest BCUT2D eigenvalue weighted by atomic mass is 16.5. The summed E-state index contributed by atoms with van der Waals surface area (Å²) in [6.07, 6.45) is 4.27. The van der Waals surface area contributed by atoms with E-state index in [4.69, 9.17) is 9.84 Å². The van der Waals surface area contributed by atoms with Gasteiger partial charge in [-0.1, -0.05) is 0 Å². The Morgan fingerprint density at radius 3 is 2.84 bits per heavy atom. The second-order valence-corrected chi connectivity index (χ2v) is 6.73. The number of anilines is 2. The zero-order chi connectivity index (χ0) is 17.6. The number of aromatic nitrogens is 1. The highest BCUT2D eigenvalue weighted by molar-refractivity contribution is 5.90. The monoisotopic (exact) mass is 348 g/mol. The Morgan fingerprint density at radius 1 is 1.32 bits per heavy atom. The number of aliphatic hydroxyl groups excluding tert-OH is 1. The second-order valence-electron chi connectivity index (χ2n) is 6.73. The molecule has 2 N–H and O–H groups in total. The van der Waals surface area contributed by atoms with Crippen molar-refractivity contribution in [1.82, 2.24) is 9.88 Å². The molecule has 7 heteroatoms. The van der Waals surface area contributed by atoms with Crippen molar-refractivity contribution in [3.8, 4) is 0 Å². The molecule has 0 aromatic carbocycles. The van der Waals surface area contributed by atoms with Crippen molar-refractivity contribution in [3.05, 3.63) is 17.8 Å². The Bertz CT molecular complexity index is 590. The molecule has 7 nitrogen and oxygen atoms in total. The molecule has 0 radical (unpaired) electrons. The summed E-state index contributed by atoms with van der Waals surface area (Å²) in [5.41, 5.74) is 1.59. The Hall–Kier alpha value is -1.86. The van der Waals surface area contributed by atoms with Crippen LogP contribution in [-0.4, -0.2) is 66.5 Å². The first-order chi connectivity index (χ1) is 12.2. The molecule has 0 bridgehead atoms. The third kappa shape index (κ3) is 4.61. The average molecular weight is 348 g/mol. The number of carbonyl (C=O) groups excluding carboxylic acids is 1. The maximum atomic E-state index is 12.6. The van der Waals surface area contributed by atoms with E-state index in [1.54, 1.807) is 4.90 Å². The fourth-order valence-electron chi connectivity index (χ4n) is 3.47. The fraction of sp³-hybridized carbons (Fsp3) is 0.667. The van der Waals surface area contributed by atoms with E-state index in [1.807, 2.05) is 19.1 Å². The lowest BCUT2D eigenvalue weighted by atomic mass is 10.1. The van der Waals surface area contributed by atoms with Gasteiger partial charge in [-0.15, -0.1) is 0 Å². The zero-order valence-electron chi connectivity index (χ0n) is 14.9. The van der Waals surface area contributed by atoms with Gasteiger partial charge in [0.15, 0.2) is 0 Å². The van der Waals surface area contributed by atoms with Crippen molar-refractivity contribution in [3.63, 3.8) is 0 Å². The number of hydrogen-bond acceptors (Lipinski definition) is 5. The first-order valence-electron chi connectivity index (χ1n) is 9.18. The van der Waals surface area contributed by atoms with Crippen LogP contribution in [0.1, 0.15) is 31.4 Å². The largest absolute Gasteiger partial charge is 0.394 e. The number of piperidine rings is 1. The van der Waals surface area contributed by atoms with E-state index in [0.717, 1.165) is 49.7 Å². The van der Waals surface area contributed by atoms with Crippen LogP contribution >= 0.6 is 0 Å². The van der Waals surface area contributed by atoms with Gasteiger partial charge in [-0.3, -0.25) is 0 Å². The number of nitrogens with zero attached hydrogens (tertiary/aromatic N) is 3. The summed E-state index contributed by atoms with van der Waals surface area (Å²) < 4.78 is 5.57. The Morgan fingerprint density at radius 2 is 2.12 bits per heavy atom. The summed E-state index contributed by atoms with van der Waals surface area (Å²) in [6.45, 7) is 5.66. The molecule has 1 atom stereocenters. The number of urea groups is 1. The molecule has 138 valence electrons. The number of nitrogens with one attached hydrogen (secondary N) is 1. The number of ether oxygens (including phenoxy) is 1. The van der Waals surface area contributed by atoms with E-state index in [0.29, 0.717) is 13.2 Å². The van der Waals surface area contributed by atoms with Gasteiger partial charge in [0.05, 0.1) is 30.7 Å². The fourth-order valence-corrected chi connectivity index (χ4v) is 3.47. The van der Waals surface area contributed by atoms with E-state index >= 15 is 0 Å². The van der Waals surface area contributed by atoms with Gasteiger partial charge in [0.1, 0.15) is 5.82 Å².